The number of carbonyl (C=O) groups excluding carboxylic acids is 1. The van der Waals surface area contributed by atoms with Crippen molar-refractivity contribution in [1.29, 1.82) is 0 Å². The van der Waals surface area contributed by atoms with Crippen molar-refractivity contribution in [2.24, 2.45) is 5.92 Å². The van der Waals surface area contributed by atoms with Crippen molar-refractivity contribution >= 4 is 17.3 Å². The summed E-state index contributed by atoms with van der Waals surface area (Å²) >= 11 is 0. The van der Waals surface area contributed by atoms with Crippen LogP contribution in [0.2, 0.25) is 0 Å². The van der Waals surface area contributed by atoms with Gasteiger partial charge in [0, 0.05) is 24.7 Å². The van der Waals surface area contributed by atoms with Crippen LogP contribution >= 0.6 is 0 Å². The van der Waals surface area contributed by atoms with Crippen molar-refractivity contribution in [2.45, 2.75) is 32.7 Å². The van der Waals surface area contributed by atoms with Gasteiger partial charge in [0.15, 0.2) is 0 Å². The van der Waals surface area contributed by atoms with Crippen LogP contribution in [-0.4, -0.2) is 23.9 Å². The number of anilines is 1. The maximum atomic E-state index is 12.6. The average molecular weight is 367 g/mol. The van der Waals surface area contributed by atoms with Crippen LogP contribution in [0.25, 0.3) is 0 Å². The monoisotopic (exact) mass is 367 g/mol. The summed E-state index contributed by atoms with van der Waals surface area (Å²) in [6.45, 7) is 5.66. The second-order valence-corrected chi connectivity index (χ2v) is 7.26. The van der Waals surface area contributed by atoms with E-state index in [2.05, 4.69) is 17.1 Å². The van der Waals surface area contributed by atoms with Gasteiger partial charge in [-0.05, 0) is 43.4 Å². The molecule has 1 aliphatic rings. The molecule has 0 bridgehead atoms. The maximum Gasteiger partial charge on any atom is 0.293 e. The van der Waals surface area contributed by atoms with Gasteiger partial charge in [0.1, 0.15) is 5.69 Å². The Kier molecular flexibility index (Phi) is 5.74. The largest absolute Gasteiger partial charge is 0.366 e. The van der Waals surface area contributed by atoms with Gasteiger partial charge in [-0.25, -0.2) is 0 Å². The molecular weight excluding hydrogens is 342 g/mol. The lowest BCUT2D eigenvalue weighted by Crippen LogP contribution is -2.34. The smallest absolute Gasteiger partial charge is 0.293 e. The van der Waals surface area contributed by atoms with E-state index in [0.29, 0.717) is 17.2 Å². The van der Waals surface area contributed by atoms with Crippen LogP contribution in [0, 0.1) is 16.0 Å². The number of nitro benzene ring substituents is 1. The summed E-state index contributed by atoms with van der Waals surface area (Å²) in [5.41, 5.74) is 1.88. The molecule has 27 heavy (non-hydrogen) atoms. The van der Waals surface area contributed by atoms with Crippen molar-refractivity contribution in [1.82, 2.24) is 5.32 Å². The summed E-state index contributed by atoms with van der Waals surface area (Å²) in [4.78, 5) is 25.9. The predicted molar refractivity (Wildman–Crippen MR) is 106 cm³/mol. The highest BCUT2D eigenvalue weighted by atomic mass is 16.6. The molecule has 1 fully saturated rings. The number of nitro groups is 1. The summed E-state index contributed by atoms with van der Waals surface area (Å²) in [7, 11) is 0. The number of rotatable bonds is 5. The molecule has 2 atom stereocenters. The van der Waals surface area contributed by atoms with Crippen molar-refractivity contribution in [3.63, 3.8) is 0 Å². The summed E-state index contributed by atoms with van der Waals surface area (Å²) in [5.74, 6) is 0.195. The van der Waals surface area contributed by atoms with E-state index in [1.54, 1.807) is 12.1 Å². The van der Waals surface area contributed by atoms with Crippen LogP contribution in [0.3, 0.4) is 0 Å². The highest BCUT2D eigenvalue weighted by Gasteiger charge is 2.25. The first-order valence-corrected chi connectivity index (χ1v) is 9.35. The van der Waals surface area contributed by atoms with Crippen molar-refractivity contribution in [2.75, 3.05) is 18.0 Å². The third kappa shape index (κ3) is 4.45. The van der Waals surface area contributed by atoms with Gasteiger partial charge in [0.2, 0.25) is 0 Å². The Hall–Kier alpha value is -2.89. The van der Waals surface area contributed by atoms with E-state index in [-0.39, 0.29) is 17.6 Å². The lowest BCUT2D eigenvalue weighted by molar-refractivity contribution is -0.384. The summed E-state index contributed by atoms with van der Waals surface area (Å²) < 4.78 is 0. The van der Waals surface area contributed by atoms with Crippen LogP contribution in [0.5, 0.6) is 0 Å². The van der Waals surface area contributed by atoms with Crippen LogP contribution < -0.4 is 10.2 Å². The Labute approximate surface area is 159 Å². The number of hydrogen-bond donors (Lipinski definition) is 1. The van der Waals surface area contributed by atoms with E-state index in [9.17, 15) is 14.9 Å². The molecule has 0 aromatic heterocycles. The fourth-order valence-electron chi connectivity index (χ4n) is 3.59. The molecular formula is C21H25N3O3. The van der Waals surface area contributed by atoms with Crippen LogP contribution in [0.1, 0.15) is 48.7 Å². The molecule has 1 heterocycles. The van der Waals surface area contributed by atoms with E-state index in [1.165, 1.54) is 6.07 Å². The molecule has 0 radical (unpaired) electrons. The molecule has 1 amide bonds. The third-order valence-corrected chi connectivity index (χ3v) is 5.08. The average Bonchev–Trinajstić information content (AvgIpc) is 2.68. The van der Waals surface area contributed by atoms with Gasteiger partial charge in [-0.2, -0.15) is 0 Å². The first-order chi connectivity index (χ1) is 13.0. The van der Waals surface area contributed by atoms with E-state index in [1.807, 2.05) is 37.3 Å². The molecule has 0 unspecified atom stereocenters. The number of piperidine rings is 1. The number of nitrogens with one attached hydrogen (secondary N) is 1. The van der Waals surface area contributed by atoms with Gasteiger partial charge >= 0.3 is 0 Å². The fourth-order valence-corrected chi connectivity index (χ4v) is 3.59. The van der Waals surface area contributed by atoms with E-state index in [0.717, 1.165) is 31.5 Å². The standard InChI is InChI=1S/C21H25N3O3/c1-15-7-6-12-23(14-15)19-11-10-18(13-20(19)24(26)27)21(25)22-16(2)17-8-4-3-5-9-17/h3-5,8-11,13,15-16H,6-7,12,14H2,1-2H3,(H,22,25)/t15-,16-/m0/s1. The number of amides is 1. The minimum Gasteiger partial charge on any atom is -0.366 e. The highest BCUT2D eigenvalue weighted by Crippen LogP contribution is 2.32. The third-order valence-electron chi connectivity index (χ3n) is 5.08. The second-order valence-electron chi connectivity index (χ2n) is 7.26. The Morgan fingerprint density at radius 1 is 1.26 bits per heavy atom. The summed E-state index contributed by atoms with van der Waals surface area (Å²) in [6, 6.07) is 14.2. The zero-order chi connectivity index (χ0) is 19.4. The lowest BCUT2D eigenvalue weighted by Gasteiger charge is -2.32. The van der Waals surface area contributed by atoms with Gasteiger partial charge in [0.25, 0.3) is 11.6 Å². The second kappa shape index (κ2) is 8.20. The molecule has 0 aliphatic carbocycles. The van der Waals surface area contributed by atoms with E-state index in [4.69, 9.17) is 0 Å². The topological polar surface area (TPSA) is 75.5 Å². The van der Waals surface area contributed by atoms with Gasteiger partial charge in [-0.15, -0.1) is 0 Å². The number of carbonyl (C=O) groups is 1. The maximum absolute atomic E-state index is 12.6. The molecule has 0 saturated carbocycles. The van der Waals surface area contributed by atoms with Crippen molar-refractivity contribution < 1.29 is 9.72 Å². The zero-order valence-corrected chi connectivity index (χ0v) is 15.7. The zero-order valence-electron chi connectivity index (χ0n) is 15.7. The Balaban J connectivity index is 1.81. The van der Waals surface area contributed by atoms with Crippen molar-refractivity contribution in [3.8, 4) is 0 Å². The number of benzene rings is 2. The van der Waals surface area contributed by atoms with Gasteiger partial charge in [-0.3, -0.25) is 14.9 Å². The Bertz CT molecular complexity index is 823. The normalized spacial score (nSPS) is 18.0. The Morgan fingerprint density at radius 3 is 2.67 bits per heavy atom. The van der Waals surface area contributed by atoms with Crippen molar-refractivity contribution in [3.05, 3.63) is 69.8 Å². The van der Waals surface area contributed by atoms with Crippen LogP contribution in [-0.2, 0) is 0 Å². The Morgan fingerprint density at radius 2 is 2.00 bits per heavy atom. The molecule has 1 N–H and O–H groups in total. The SMILES string of the molecule is C[C@H]1CCCN(c2ccc(C(=O)N[C@@H](C)c3ccccc3)cc2[N+](=O)[O-])C1. The number of hydrogen-bond acceptors (Lipinski definition) is 4. The molecule has 2 aromatic carbocycles. The van der Waals surface area contributed by atoms with Crippen LogP contribution in [0.15, 0.2) is 48.5 Å². The summed E-state index contributed by atoms with van der Waals surface area (Å²) in [6.07, 6.45) is 2.16. The van der Waals surface area contributed by atoms with Gasteiger partial charge in [0.05, 0.1) is 11.0 Å². The molecule has 6 nitrogen and oxygen atoms in total. The fraction of sp³-hybridized carbons (Fsp3) is 0.381. The molecule has 1 aliphatic heterocycles. The minimum absolute atomic E-state index is 0.0101. The summed E-state index contributed by atoms with van der Waals surface area (Å²) in [5, 5.41) is 14.5. The molecule has 2 aromatic rings. The van der Waals surface area contributed by atoms with Gasteiger partial charge < -0.3 is 10.2 Å². The molecule has 0 spiro atoms. The molecule has 1 saturated heterocycles. The highest BCUT2D eigenvalue weighted by molar-refractivity contribution is 5.96. The first kappa shape index (κ1) is 18.9. The number of nitrogens with zero attached hydrogens (tertiary/aromatic N) is 2. The first-order valence-electron chi connectivity index (χ1n) is 9.35. The molecule has 6 heteroatoms. The van der Waals surface area contributed by atoms with E-state index >= 15 is 0 Å². The quantitative estimate of drug-likeness (QED) is 0.631. The molecule has 3 rings (SSSR count). The van der Waals surface area contributed by atoms with Gasteiger partial charge in [-0.1, -0.05) is 37.3 Å². The molecule has 142 valence electrons. The van der Waals surface area contributed by atoms with Crippen LogP contribution in [0.4, 0.5) is 11.4 Å². The predicted octanol–water partition coefficient (Wildman–Crippen LogP) is 4.32. The minimum atomic E-state index is -0.397. The lowest BCUT2D eigenvalue weighted by atomic mass is 9.99. The van der Waals surface area contributed by atoms with E-state index < -0.39 is 4.92 Å².